The van der Waals surface area contributed by atoms with E-state index in [1.54, 1.807) is 4.31 Å². The second-order valence-electron chi connectivity index (χ2n) is 10.2. The van der Waals surface area contributed by atoms with Gasteiger partial charge in [-0.2, -0.15) is 4.31 Å². The van der Waals surface area contributed by atoms with Gasteiger partial charge in [-0.05, 0) is 88.6 Å². The number of aromatic nitrogens is 1. The van der Waals surface area contributed by atoms with Crippen LogP contribution in [0.3, 0.4) is 0 Å². The van der Waals surface area contributed by atoms with Crippen LogP contribution in [0.25, 0.3) is 10.9 Å². The Morgan fingerprint density at radius 3 is 2.65 bits per heavy atom. The summed E-state index contributed by atoms with van der Waals surface area (Å²) in [5.41, 5.74) is 3.10. The highest BCUT2D eigenvalue weighted by atomic mass is 32.2. The van der Waals surface area contributed by atoms with Gasteiger partial charge in [0.15, 0.2) is 0 Å². The first-order valence-corrected chi connectivity index (χ1v) is 13.5. The Bertz CT molecular complexity index is 1010. The maximum Gasteiger partial charge on any atom is 0.211 e. The van der Waals surface area contributed by atoms with E-state index in [0.717, 1.165) is 57.1 Å². The van der Waals surface area contributed by atoms with Gasteiger partial charge in [0.25, 0.3) is 0 Å². The third-order valence-electron chi connectivity index (χ3n) is 7.01. The number of hydrogen-bond donors (Lipinski definition) is 2. The van der Waals surface area contributed by atoms with Crippen molar-refractivity contribution in [3.05, 3.63) is 35.5 Å². The third kappa shape index (κ3) is 5.51. The van der Waals surface area contributed by atoms with Crippen molar-refractivity contribution < 1.29 is 13.5 Å². The summed E-state index contributed by atoms with van der Waals surface area (Å²) in [5, 5.41) is 11.3. The van der Waals surface area contributed by atoms with Gasteiger partial charge in [-0.3, -0.25) is 4.90 Å². The maximum atomic E-state index is 12.1. The van der Waals surface area contributed by atoms with Crippen LogP contribution in [0, 0.1) is 0 Å². The van der Waals surface area contributed by atoms with Gasteiger partial charge >= 0.3 is 0 Å². The molecule has 2 aliphatic rings. The zero-order chi connectivity index (χ0) is 22.2. The third-order valence-corrected chi connectivity index (χ3v) is 8.34. The molecule has 2 saturated heterocycles. The summed E-state index contributed by atoms with van der Waals surface area (Å²) in [6.07, 6.45) is 10.3. The molecule has 0 aliphatic carbocycles. The summed E-state index contributed by atoms with van der Waals surface area (Å²) in [7, 11) is -3.13. The number of fused-ring (bicyclic) bond motifs is 1. The van der Waals surface area contributed by atoms with Crippen molar-refractivity contribution >= 4 is 20.9 Å². The molecular weight excluding hydrogens is 410 g/mol. The Labute approximate surface area is 186 Å². The molecule has 2 atom stereocenters. The Hall–Kier alpha value is -1.41. The van der Waals surface area contributed by atoms with Gasteiger partial charge in [-0.1, -0.05) is 6.07 Å². The molecule has 0 radical (unpaired) electrons. The van der Waals surface area contributed by atoms with Crippen LogP contribution in [0.5, 0.6) is 0 Å². The summed E-state index contributed by atoms with van der Waals surface area (Å²) in [6.45, 7) is 6.28. The highest BCUT2D eigenvalue weighted by molar-refractivity contribution is 7.88. The molecule has 0 bridgehead atoms. The number of hydrogen-bond acceptors (Lipinski definition) is 4. The van der Waals surface area contributed by atoms with E-state index < -0.39 is 15.6 Å². The lowest BCUT2D eigenvalue weighted by Crippen LogP contribution is -2.44. The normalized spacial score (nSPS) is 23.9. The van der Waals surface area contributed by atoms with Crippen molar-refractivity contribution in [3.63, 3.8) is 0 Å². The van der Waals surface area contributed by atoms with Gasteiger partial charge in [0.05, 0.1) is 11.9 Å². The van der Waals surface area contributed by atoms with Crippen molar-refractivity contribution in [2.45, 2.75) is 76.5 Å². The molecule has 0 amide bonds. The second-order valence-corrected chi connectivity index (χ2v) is 12.1. The van der Waals surface area contributed by atoms with Crippen LogP contribution < -0.4 is 0 Å². The zero-order valence-electron chi connectivity index (χ0n) is 19.1. The molecule has 2 fully saturated rings. The first-order chi connectivity index (χ1) is 14.6. The topological polar surface area (TPSA) is 76.6 Å². The predicted octanol–water partition coefficient (Wildman–Crippen LogP) is 3.30. The molecule has 2 aliphatic heterocycles. The highest BCUT2D eigenvalue weighted by Crippen LogP contribution is 2.29. The number of aryl methyl sites for hydroxylation is 1. The summed E-state index contributed by atoms with van der Waals surface area (Å²) >= 11 is 0. The average molecular weight is 448 g/mol. The fourth-order valence-electron chi connectivity index (χ4n) is 5.32. The van der Waals surface area contributed by atoms with Crippen LogP contribution in [0.2, 0.25) is 0 Å². The van der Waals surface area contributed by atoms with Crippen molar-refractivity contribution in [2.75, 3.05) is 25.9 Å². The Kier molecular flexibility index (Phi) is 6.50. The minimum atomic E-state index is -3.13. The standard InChI is InChI=1S/C24H37N3O3S/c1-24(2,28)11-10-18-8-9-23-22(14-18)19(16-25-23)15-20-6-4-12-26(20)17-21-7-5-13-27(21)31(3,29)30/h8-9,14,16,20-21,25,28H,4-7,10-13,15,17H2,1-3H3. The van der Waals surface area contributed by atoms with Crippen molar-refractivity contribution in [3.8, 4) is 0 Å². The molecule has 1 aromatic carbocycles. The highest BCUT2D eigenvalue weighted by Gasteiger charge is 2.35. The predicted molar refractivity (Wildman–Crippen MR) is 126 cm³/mol. The van der Waals surface area contributed by atoms with Crippen molar-refractivity contribution in [2.24, 2.45) is 0 Å². The summed E-state index contributed by atoms with van der Waals surface area (Å²) in [5.74, 6) is 0. The van der Waals surface area contributed by atoms with Crippen LogP contribution in [0.15, 0.2) is 24.4 Å². The van der Waals surface area contributed by atoms with Gasteiger partial charge in [0.2, 0.25) is 10.0 Å². The molecule has 1 aromatic heterocycles. The maximum absolute atomic E-state index is 12.1. The van der Waals surface area contributed by atoms with E-state index in [1.807, 2.05) is 13.8 Å². The number of nitrogens with zero attached hydrogens (tertiary/aromatic N) is 2. The fourth-order valence-corrected chi connectivity index (χ4v) is 6.49. The molecule has 0 spiro atoms. The van der Waals surface area contributed by atoms with Gasteiger partial charge in [-0.25, -0.2) is 8.42 Å². The first-order valence-electron chi connectivity index (χ1n) is 11.6. The fraction of sp³-hybridized carbons (Fsp3) is 0.667. The molecule has 2 aromatic rings. The smallest absolute Gasteiger partial charge is 0.211 e. The van der Waals surface area contributed by atoms with Crippen LogP contribution in [-0.4, -0.2) is 71.3 Å². The molecule has 7 heteroatoms. The van der Waals surface area contributed by atoms with E-state index in [2.05, 4.69) is 34.3 Å². The Morgan fingerprint density at radius 2 is 1.90 bits per heavy atom. The van der Waals surface area contributed by atoms with Crippen LogP contribution in [-0.2, 0) is 22.9 Å². The number of nitrogens with one attached hydrogen (secondary N) is 1. The van der Waals surface area contributed by atoms with Gasteiger partial charge in [0, 0.05) is 42.3 Å². The molecule has 3 heterocycles. The SMILES string of the molecule is CC(C)(O)CCc1ccc2[nH]cc(CC3CCCN3CC3CCCN3S(C)(=O)=O)c2c1. The van der Waals surface area contributed by atoms with Gasteiger partial charge in [0.1, 0.15) is 0 Å². The lowest BCUT2D eigenvalue weighted by atomic mass is 9.96. The minimum Gasteiger partial charge on any atom is -0.390 e. The average Bonchev–Trinajstić information content (AvgIpc) is 3.41. The number of sulfonamides is 1. The molecule has 4 rings (SSSR count). The first kappa shape index (κ1) is 22.8. The molecule has 2 unspecified atom stereocenters. The van der Waals surface area contributed by atoms with Crippen LogP contribution in [0.4, 0.5) is 0 Å². The summed E-state index contributed by atoms with van der Waals surface area (Å²) in [6, 6.07) is 7.14. The van der Waals surface area contributed by atoms with Gasteiger partial charge in [-0.15, -0.1) is 0 Å². The van der Waals surface area contributed by atoms with E-state index in [9.17, 15) is 13.5 Å². The Morgan fingerprint density at radius 1 is 1.16 bits per heavy atom. The van der Waals surface area contributed by atoms with E-state index in [0.29, 0.717) is 12.6 Å². The summed E-state index contributed by atoms with van der Waals surface area (Å²) in [4.78, 5) is 5.94. The van der Waals surface area contributed by atoms with E-state index >= 15 is 0 Å². The molecule has 0 saturated carbocycles. The minimum absolute atomic E-state index is 0.118. The number of aliphatic hydroxyl groups is 1. The number of aromatic amines is 1. The van der Waals surface area contributed by atoms with E-state index in [-0.39, 0.29) is 6.04 Å². The largest absolute Gasteiger partial charge is 0.390 e. The monoisotopic (exact) mass is 447 g/mol. The Balaban J connectivity index is 1.46. The van der Waals surface area contributed by atoms with E-state index in [4.69, 9.17) is 0 Å². The van der Waals surface area contributed by atoms with E-state index in [1.165, 1.54) is 29.2 Å². The molecule has 2 N–H and O–H groups in total. The number of H-pyrrole nitrogens is 1. The molecule has 172 valence electrons. The van der Waals surface area contributed by atoms with Crippen LogP contribution >= 0.6 is 0 Å². The van der Waals surface area contributed by atoms with Crippen molar-refractivity contribution in [1.29, 1.82) is 0 Å². The zero-order valence-corrected chi connectivity index (χ0v) is 19.9. The number of likely N-dealkylation sites (tertiary alicyclic amines) is 1. The lowest BCUT2D eigenvalue weighted by Gasteiger charge is -2.30. The van der Waals surface area contributed by atoms with Crippen molar-refractivity contribution in [1.82, 2.24) is 14.2 Å². The number of rotatable bonds is 8. The number of benzene rings is 1. The molecule has 6 nitrogen and oxygen atoms in total. The van der Waals surface area contributed by atoms with Gasteiger partial charge < -0.3 is 10.1 Å². The quantitative estimate of drug-likeness (QED) is 0.651. The molecule has 31 heavy (non-hydrogen) atoms. The summed E-state index contributed by atoms with van der Waals surface area (Å²) < 4.78 is 26.0. The molecular formula is C24H37N3O3S. The lowest BCUT2D eigenvalue weighted by molar-refractivity contribution is 0.0714. The van der Waals surface area contributed by atoms with Crippen LogP contribution in [0.1, 0.15) is 57.1 Å². The second kappa shape index (κ2) is 8.85.